The standard InChI is InChI=1S/C12H11F3O2/c1-11(6-10(16)17-7-11)8-4-2-3-5-9(8)12(13,14)15/h2-5H,6-7H2,1H3. The molecule has 1 unspecified atom stereocenters. The second kappa shape index (κ2) is 3.75. The summed E-state index contributed by atoms with van der Waals surface area (Å²) in [5.41, 5.74) is -1.46. The van der Waals surface area contributed by atoms with Crippen LogP contribution in [-0.2, 0) is 21.1 Å². The highest BCUT2D eigenvalue weighted by Crippen LogP contribution is 2.41. The van der Waals surface area contributed by atoms with Gasteiger partial charge >= 0.3 is 12.1 Å². The molecule has 0 bridgehead atoms. The van der Waals surface area contributed by atoms with Crippen LogP contribution in [0.3, 0.4) is 0 Å². The van der Waals surface area contributed by atoms with E-state index >= 15 is 0 Å². The van der Waals surface area contributed by atoms with Crippen molar-refractivity contribution in [2.45, 2.75) is 24.9 Å². The fourth-order valence-electron chi connectivity index (χ4n) is 2.09. The van der Waals surface area contributed by atoms with E-state index in [4.69, 9.17) is 4.74 Å². The predicted octanol–water partition coefficient (Wildman–Crippen LogP) is 2.91. The first-order valence-corrected chi connectivity index (χ1v) is 5.15. The van der Waals surface area contributed by atoms with E-state index in [0.29, 0.717) is 0 Å². The molecular formula is C12H11F3O2. The summed E-state index contributed by atoms with van der Waals surface area (Å²) >= 11 is 0. The van der Waals surface area contributed by atoms with E-state index < -0.39 is 23.1 Å². The summed E-state index contributed by atoms with van der Waals surface area (Å²) in [5.74, 6) is -0.454. The Morgan fingerprint density at radius 1 is 1.29 bits per heavy atom. The number of benzene rings is 1. The van der Waals surface area contributed by atoms with Gasteiger partial charge < -0.3 is 4.74 Å². The second-order valence-electron chi connectivity index (χ2n) is 4.44. The van der Waals surface area contributed by atoms with Gasteiger partial charge in [-0.05, 0) is 11.6 Å². The molecule has 5 heteroatoms. The van der Waals surface area contributed by atoms with E-state index in [9.17, 15) is 18.0 Å². The molecule has 0 aliphatic carbocycles. The average Bonchev–Trinajstić information content (AvgIpc) is 2.59. The van der Waals surface area contributed by atoms with Gasteiger partial charge in [-0.3, -0.25) is 4.79 Å². The van der Waals surface area contributed by atoms with Crippen LogP contribution in [0.4, 0.5) is 13.2 Å². The first kappa shape index (κ1) is 12.0. The third kappa shape index (κ3) is 2.14. The van der Waals surface area contributed by atoms with Crippen LogP contribution in [0, 0.1) is 0 Å². The van der Waals surface area contributed by atoms with Gasteiger partial charge in [0.25, 0.3) is 0 Å². The SMILES string of the molecule is CC1(c2ccccc2C(F)(F)F)COC(=O)C1. The molecule has 1 aliphatic rings. The van der Waals surface area contributed by atoms with Gasteiger partial charge in [0, 0.05) is 5.41 Å². The topological polar surface area (TPSA) is 26.3 Å². The second-order valence-corrected chi connectivity index (χ2v) is 4.44. The van der Waals surface area contributed by atoms with Crippen molar-refractivity contribution in [2.24, 2.45) is 0 Å². The van der Waals surface area contributed by atoms with Gasteiger partial charge in [0.2, 0.25) is 0 Å². The lowest BCUT2D eigenvalue weighted by Gasteiger charge is -2.24. The maximum absolute atomic E-state index is 12.8. The van der Waals surface area contributed by atoms with Gasteiger partial charge in [0.1, 0.15) is 6.61 Å². The summed E-state index contributed by atoms with van der Waals surface area (Å²) in [6.07, 6.45) is -4.43. The summed E-state index contributed by atoms with van der Waals surface area (Å²) in [5, 5.41) is 0. The number of alkyl halides is 3. The van der Waals surface area contributed by atoms with Crippen molar-refractivity contribution < 1.29 is 22.7 Å². The zero-order chi connectivity index (χ0) is 12.7. The third-order valence-electron chi connectivity index (χ3n) is 2.97. The molecule has 2 nitrogen and oxygen atoms in total. The average molecular weight is 244 g/mol. The number of rotatable bonds is 1. The van der Waals surface area contributed by atoms with E-state index in [0.717, 1.165) is 6.07 Å². The number of hydrogen-bond donors (Lipinski definition) is 0. The van der Waals surface area contributed by atoms with Crippen LogP contribution < -0.4 is 0 Å². The molecule has 1 saturated heterocycles. The Morgan fingerprint density at radius 2 is 1.94 bits per heavy atom. The molecule has 1 atom stereocenters. The molecule has 1 aromatic rings. The van der Waals surface area contributed by atoms with Crippen LogP contribution in [0.2, 0.25) is 0 Å². The molecule has 0 spiro atoms. The molecule has 1 heterocycles. The molecule has 0 aromatic heterocycles. The number of esters is 1. The molecule has 0 saturated carbocycles. The Bertz CT molecular complexity index is 453. The van der Waals surface area contributed by atoms with E-state index in [1.54, 1.807) is 13.0 Å². The van der Waals surface area contributed by atoms with Crippen molar-refractivity contribution in [3.05, 3.63) is 35.4 Å². The number of halogens is 3. The Hall–Kier alpha value is -1.52. The van der Waals surface area contributed by atoms with Crippen LogP contribution in [0.1, 0.15) is 24.5 Å². The summed E-state index contributed by atoms with van der Waals surface area (Å²) in [6.45, 7) is 1.61. The smallest absolute Gasteiger partial charge is 0.416 e. The van der Waals surface area contributed by atoms with E-state index in [1.165, 1.54) is 12.1 Å². The molecule has 0 N–H and O–H groups in total. The Kier molecular flexibility index (Phi) is 2.64. The fraction of sp³-hybridized carbons (Fsp3) is 0.417. The maximum atomic E-state index is 12.8. The number of cyclic esters (lactones) is 1. The normalized spacial score (nSPS) is 24.8. The van der Waals surface area contributed by atoms with Gasteiger partial charge in [0.05, 0.1) is 12.0 Å². The Balaban J connectivity index is 2.49. The van der Waals surface area contributed by atoms with Crippen molar-refractivity contribution in [3.63, 3.8) is 0 Å². The van der Waals surface area contributed by atoms with Crippen molar-refractivity contribution in [2.75, 3.05) is 6.61 Å². The molecule has 2 rings (SSSR count). The molecule has 0 radical (unpaired) electrons. The molecule has 1 fully saturated rings. The monoisotopic (exact) mass is 244 g/mol. The molecular weight excluding hydrogens is 233 g/mol. The van der Waals surface area contributed by atoms with Gasteiger partial charge in [-0.1, -0.05) is 25.1 Å². The van der Waals surface area contributed by atoms with Gasteiger partial charge in [-0.15, -0.1) is 0 Å². The number of ether oxygens (including phenoxy) is 1. The molecule has 92 valence electrons. The van der Waals surface area contributed by atoms with E-state index in [2.05, 4.69) is 0 Å². The van der Waals surface area contributed by atoms with Crippen LogP contribution in [0.5, 0.6) is 0 Å². The predicted molar refractivity (Wildman–Crippen MR) is 54.4 cm³/mol. The van der Waals surface area contributed by atoms with Crippen molar-refractivity contribution in [3.8, 4) is 0 Å². The van der Waals surface area contributed by atoms with Gasteiger partial charge in [-0.25, -0.2) is 0 Å². The lowest BCUT2D eigenvalue weighted by Crippen LogP contribution is -2.26. The summed E-state index contributed by atoms with van der Waals surface area (Å²) < 4.78 is 43.3. The Labute approximate surface area is 96.4 Å². The van der Waals surface area contributed by atoms with Crippen molar-refractivity contribution in [1.82, 2.24) is 0 Å². The molecule has 17 heavy (non-hydrogen) atoms. The fourth-order valence-corrected chi connectivity index (χ4v) is 2.09. The zero-order valence-electron chi connectivity index (χ0n) is 9.17. The zero-order valence-corrected chi connectivity index (χ0v) is 9.17. The van der Waals surface area contributed by atoms with Gasteiger partial charge in [-0.2, -0.15) is 13.2 Å². The first-order valence-electron chi connectivity index (χ1n) is 5.15. The van der Waals surface area contributed by atoms with Crippen molar-refractivity contribution in [1.29, 1.82) is 0 Å². The summed E-state index contributed by atoms with van der Waals surface area (Å²) in [4.78, 5) is 11.1. The molecule has 1 aromatic carbocycles. The number of carbonyl (C=O) groups excluding carboxylic acids is 1. The van der Waals surface area contributed by atoms with Crippen LogP contribution >= 0.6 is 0 Å². The lowest BCUT2D eigenvalue weighted by atomic mass is 9.79. The van der Waals surface area contributed by atoms with Gasteiger partial charge in [0.15, 0.2) is 0 Å². The van der Waals surface area contributed by atoms with Crippen molar-refractivity contribution >= 4 is 5.97 Å². The molecule has 1 aliphatic heterocycles. The minimum Gasteiger partial charge on any atom is -0.465 e. The maximum Gasteiger partial charge on any atom is 0.416 e. The number of hydrogen-bond acceptors (Lipinski definition) is 2. The lowest BCUT2D eigenvalue weighted by molar-refractivity contribution is -0.139. The quantitative estimate of drug-likeness (QED) is 0.710. The first-order chi connectivity index (χ1) is 7.83. The van der Waals surface area contributed by atoms with Crippen LogP contribution in [0.25, 0.3) is 0 Å². The Morgan fingerprint density at radius 3 is 2.47 bits per heavy atom. The minimum absolute atomic E-state index is 0.00106. The largest absolute Gasteiger partial charge is 0.465 e. The third-order valence-corrected chi connectivity index (χ3v) is 2.97. The van der Waals surface area contributed by atoms with Crippen LogP contribution in [-0.4, -0.2) is 12.6 Å². The summed E-state index contributed by atoms with van der Waals surface area (Å²) in [7, 11) is 0. The van der Waals surface area contributed by atoms with Crippen LogP contribution in [0.15, 0.2) is 24.3 Å². The minimum atomic E-state index is -4.41. The number of carbonyl (C=O) groups is 1. The highest BCUT2D eigenvalue weighted by molar-refractivity contribution is 5.74. The molecule has 0 amide bonds. The highest BCUT2D eigenvalue weighted by Gasteiger charge is 2.44. The summed E-state index contributed by atoms with van der Waals surface area (Å²) in [6, 6.07) is 5.32. The highest BCUT2D eigenvalue weighted by atomic mass is 19.4. The van der Waals surface area contributed by atoms with E-state index in [-0.39, 0.29) is 18.6 Å². The van der Waals surface area contributed by atoms with E-state index in [1.807, 2.05) is 0 Å².